The molecule has 2 aromatic heterocycles. The first kappa shape index (κ1) is 19.7. The minimum absolute atomic E-state index is 0.125. The second-order valence-electron chi connectivity index (χ2n) is 5.96. The van der Waals surface area contributed by atoms with Crippen molar-refractivity contribution in [3.05, 3.63) is 57.5 Å². The average Bonchev–Trinajstić information content (AvgIpc) is 3.02. The van der Waals surface area contributed by atoms with Crippen molar-refractivity contribution >= 4 is 39.1 Å². The molecular weight excluding hydrogens is 382 g/mol. The number of carbonyl (C=O) groups is 2. The Labute approximate surface area is 164 Å². The highest BCUT2D eigenvalue weighted by Crippen LogP contribution is 2.27. The second kappa shape index (κ2) is 8.77. The molecule has 0 saturated heterocycles. The van der Waals surface area contributed by atoms with Crippen LogP contribution in [0, 0.1) is 6.92 Å². The van der Waals surface area contributed by atoms with Crippen LogP contribution < -0.4 is 10.9 Å². The van der Waals surface area contributed by atoms with Gasteiger partial charge in [0.2, 0.25) is 5.91 Å². The molecule has 9 heteroatoms. The minimum Gasteiger partial charge on any atom is -0.459 e. The number of esters is 1. The maximum atomic E-state index is 12.8. The highest BCUT2D eigenvalue weighted by Gasteiger charge is 2.21. The van der Waals surface area contributed by atoms with Crippen molar-refractivity contribution in [1.82, 2.24) is 9.55 Å². The Kier molecular flexibility index (Phi) is 6.17. The van der Waals surface area contributed by atoms with Crippen LogP contribution in [0.25, 0.3) is 10.2 Å². The number of methoxy groups -OCH3 is 1. The van der Waals surface area contributed by atoms with E-state index in [1.807, 2.05) is 6.07 Å². The molecule has 3 rings (SSSR count). The van der Waals surface area contributed by atoms with Gasteiger partial charge in [-0.15, -0.1) is 11.3 Å². The van der Waals surface area contributed by atoms with Crippen LogP contribution in [0.5, 0.6) is 0 Å². The highest BCUT2D eigenvalue weighted by molar-refractivity contribution is 7.20. The van der Waals surface area contributed by atoms with Gasteiger partial charge in [0, 0.05) is 12.8 Å². The van der Waals surface area contributed by atoms with Crippen LogP contribution in [-0.4, -0.2) is 41.8 Å². The Bertz CT molecular complexity index is 1060. The summed E-state index contributed by atoms with van der Waals surface area (Å²) >= 11 is 1.09. The number of aromatic nitrogens is 2. The van der Waals surface area contributed by atoms with Crippen LogP contribution >= 0.6 is 11.3 Å². The van der Waals surface area contributed by atoms with Crippen LogP contribution in [0.1, 0.15) is 15.2 Å². The van der Waals surface area contributed by atoms with Crippen molar-refractivity contribution in [2.75, 3.05) is 25.6 Å². The molecule has 3 aromatic rings. The van der Waals surface area contributed by atoms with E-state index in [1.165, 1.54) is 18.0 Å². The molecular formula is C19H19N3O5S. The number of amides is 1. The standard InChI is InChI=1S/C19H19N3O5S/c1-12-15-17(28-16(12)19(25)27-9-8-26-2)20-11-22(18(15)24)10-14(23)21-13-6-4-3-5-7-13/h3-7,11H,8-10H2,1-2H3,(H,21,23). The van der Waals surface area contributed by atoms with Crippen LogP contribution in [0.3, 0.4) is 0 Å². The summed E-state index contributed by atoms with van der Waals surface area (Å²) in [5.41, 5.74) is 0.762. The van der Waals surface area contributed by atoms with Gasteiger partial charge in [0.05, 0.1) is 18.3 Å². The molecule has 2 heterocycles. The lowest BCUT2D eigenvalue weighted by molar-refractivity contribution is -0.116. The first-order valence-electron chi connectivity index (χ1n) is 8.50. The van der Waals surface area contributed by atoms with E-state index in [0.29, 0.717) is 26.3 Å². The average molecular weight is 401 g/mol. The first-order chi connectivity index (χ1) is 13.5. The molecule has 0 bridgehead atoms. The maximum Gasteiger partial charge on any atom is 0.348 e. The van der Waals surface area contributed by atoms with Crippen molar-refractivity contribution in [3.63, 3.8) is 0 Å². The molecule has 0 unspecified atom stereocenters. The molecule has 0 fully saturated rings. The van der Waals surface area contributed by atoms with Crippen molar-refractivity contribution in [3.8, 4) is 0 Å². The number of nitrogens with zero attached hydrogens (tertiary/aromatic N) is 2. The summed E-state index contributed by atoms with van der Waals surface area (Å²) in [4.78, 5) is 42.2. The number of hydrogen-bond acceptors (Lipinski definition) is 7. The monoisotopic (exact) mass is 401 g/mol. The van der Waals surface area contributed by atoms with E-state index in [4.69, 9.17) is 9.47 Å². The molecule has 8 nitrogen and oxygen atoms in total. The van der Waals surface area contributed by atoms with Gasteiger partial charge >= 0.3 is 5.97 Å². The van der Waals surface area contributed by atoms with Gasteiger partial charge < -0.3 is 14.8 Å². The summed E-state index contributed by atoms with van der Waals surface area (Å²) < 4.78 is 11.2. The molecule has 1 amide bonds. The number of nitrogens with one attached hydrogen (secondary N) is 1. The van der Waals surface area contributed by atoms with Gasteiger partial charge in [-0.05, 0) is 24.6 Å². The maximum absolute atomic E-state index is 12.8. The topological polar surface area (TPSA) is 99.5 Å². The highest BCUT2D eigenvalue weighted by atomic mass is 32.1. The summed E-state index contributed by atoms with van der Waals surface area (Å²) in [6, 6.07) is 8.96. The van der Waals surface area contributed by atoms with E-state index in [2.05, 4.69) is 10.3 Å². The molecule has 146 valence electrons. The minimum atomic E-state index is -0.523. The third kappa shape index (κ3) is 4.26. The molecule has 0 aliphatic carbocycles. The molecule has 0 aliphatic heterocycles. The molecule has 0 aliphatic rings. The van der Waals surface area contributed by atoms with Crippen LogP contribution in [-0.2, 0) is 20.8 Å². The number of benzene rings is 1. The number of ether oxygens (including phenoxy) is 2. The summed E-state index contributed by atoms with van der Waals surface area (Å²) in [6.07, 6.45) is 1.31. The van der Waals surface area contributed by atoms with Crippen LogP contribution in [0.4, 0.5) is 5.69 Å². The molecule has 0 saturated carbocycles. The number of para-hydroxylation sites is 1. The summed E-state index contributed by atoms with van der Waals surface area (Å²) in [6.45, 7) is 1.90. The Hall–Kier alpha value is -3.04. The smallest absolute Gasteiger partial charge is 0.348 e. The van der Waals surface area contributed by atoms with Gasteiger partial charge in [0.1, 0.15) is 22.9 Å². The lowest BCUT2D eigenvalue weighted by atomic mass is 10.2. The van der Waals surface area contributed by atoms with Gasteiger partial charge in [-0.2, -0.15) is 0 Å². The van der Waals surface area contributed by atoms with Crippen molar-refractivity contribution < 1.29 is 19.1 Å². The van der Waals surface area contributed by atoms with Crippen molar-refractivity contribution in [2.24, 2.45) is 0 Å². The van der Waals surface area contributed by atoms with E-state index < -0.39 is 5.97 Å². The van der Waals surface area contributed by atoms with Crippen LogP contribution in [0.2, 0.25) is 0 Å². The Morgan fingerprint density at radius 3 is 2.68 bits per heavy atom. The number of aryl methyl sites for hydroxylation is 1. The molecule has 1 aromatic carbocycles. The van der Waals surface area contributed by atoms with E-state index in [1.54, 1.807) is 31.2 Å². The number of fused-ring (bicyclic) bond motifs is 1. The predicted octanol–water partition coefficient (Wildman–Crippen LogP) is 2.21. The predicted molar refractivity (Wildman–Crippen MR) is 106 cm³/mol. The van der Waals surface area contributed by atoms with Gasteiger partial charge in [-0.1, -0.05) is 18.2 Å². The zero-order valence-corrected chi connectivity index (χ0v) is 16.2. The second-order valence-corrected chi connectivity index (χ2v) is 6.96. The molecule has 0 spiro atoms. The first-order valence-corrected chi connectivity index (χ1v) is 9.32. The number of thiophene rings is 1. The van der Waals surface area contributed by atoms with E-state index in [-0.39, 0.29) is 31.2 Å². The van der Waals surface area contributed by atoms with Crippen LogP contribution in [0.15, 0.2) is 41.5 Å². The van der Waals surface area contributed by atoms with Crippen molar-refractivity contribution in [1.29, 1.82) is 0 Å². The number of carbonyl (C=O) groups excluding carboxylic acids is 2. The van der Waals surface area contributed by atoms with E-state index in [0.717, 1.165) is 11.3 Å². The Balaban J connectivity index is 1.82. The fourth-order valence-electron chi connectivity index (χ4n) is 2.63. The normalized spacial score (nSPS) is 10.8. The lowest BCUT2D eigenvalue weighted by Gasteiger charge is -2.07. The largest absolute Gasteiger partial charge is 0.459 e. The summed E-state index contributed by atoms with van der Waals surface area (Å²) in [7, 11) is 1.51. The third-order valence-electron chi connectivity index (χ3n) is 3.99. The van der Waals surface area contributed by atoms with Crippen molar-refractivity contribution in [2.45, 2.75) is 13.5 Å². The number of rotatable bonds is 7. The molecule has 28 heavy (non-hydrogen) atoms. The number of anilines is 1. The van der Waals surface area contributed by atoms with Gasteiger partial charge in [-0.3, -0.25) is 14.2 Å². The van der Waals surface area contributed by atoms with Gasteiger partial charge in [0.15, 0.2) is 0 Å². The fourth-order valence-corrected chi connectivity index (χ4v) is 3.66. The van der Waals surface area contributed by atoms with E-state index >= 15 is 0 Å². The Morgan fingerprint density at radius 2 is 1.96 bits per heavy atom. The molecule has 0 radical (unpaired) electrons. The summed E-state index contributed by atoms with van der Waals surface area (Å²) in [5, 5.41) is 3.04. The van der Waals surface area contributed by atoms with Gasteiger partial charge in [-0.25, -0.2) is 9.78 Å². The lowest BCUT2D eigenvalue weighted by Crippen LogP contribution is -2.27. The zero-order chi connectivity index (χ0) is 20.1. The fraction of sp³-hybridized carbons (Fsp3) is 0.263. The third-order valence-corrected chi connectivity index (χ3v) is 5.17. The van der Waals surface area contributed by atoms with E-state index in [9.17, 15) is 14.4 Å². The SMILES string of the molecule is COCCOC(=O)c1sc2ncn(CC(=O)Nc3ccccc3)c(=O)c2c1C. The zero-order valence-electron chi connectivity index (χ0n) is 15.4. The summed E-state index contributed by atoms with van der Waals surface area (Å²) in [5.74, 6) is -0.869. The quantitative estimate of drug-likeness (QED) is 0.481. The molecule has 1 N–H and O–H groups in total. The van der Waals surface area contributed by atoms with Gasteiger partial charge in [0.25, 0.3) is 5.56 Å². The Morgan fingerprint density at radius 1 is 1.21 bits per heavy atom. The number of hydrogen-bond donors (Lipinski definition) is 1. The molecule has 0 atom stereocenters.